The zero-order chi connectivity index (χ0) is 29.0. The van der Waals surface area contributed by atoms with Crippen LogP contribution in [0.25, 0.3) is 11.3 Å². The van der Waals surface area contributed by atoms with Gasteiger partial charge in [-0.3, -0.25) is 9.59 Å². The summed E-state index contributed by atoms with van der Waals surface area (Å²) in [5.41, 5.74) is 4.16. The highest BCUT2D eigenvalue weighted by molar-refractivity contribution is 6.33. The Morgan fingerprint density at radius 2 is 1.95 bits per heavy atom. The van der Waals surface area contributed by atoms with Crippen molar-refractivity contribution in [3.63, 3.8) is 0 Å². The van der Waals surface area contributed by atoms with Crippen molar-refractivity contribution in [2.75, 3.05) is 39.2 Å². The molecule has 2 aromatic carbocycles. The minimum absolute atomic E-state index is 0.0987. The second-order valence-electron chi connectivity index (χ2n) is 10.3. The molecular weight excluding hydrogens is 532 g/mol. The van der Waals surface area contributed by atoms with Gasteiger partial charge >= 0.3 is 0 Å². The molecule has 3 aromatic rings. The molecular formula is C29H35ClN6O4. The molecule has 0 aliphatic carbocycles. The van der Waals surface area contributed by atoms with Gasteiger partial charge in [-0.2, -0.15) is 0 Å². The third kappa shape index (κ3) is 6.59. The first kappa shape index (κ1) is 29.4. The van der Waals surface area contributed by atoms with Crippen LogP contribution in [-0.4, -0.2) is 87.7 Å². The Labute approximate surface area is 239 Å². The van der Waals surface area contributed by atoms with Crippen LogP contribution < -0.4 is 10.6 Å². The number of halogens is 1. The lowest BCUT2D eigenvalue weighted by Gasteiger charge is -2.26. The van der Waals surface area contributed by atoms with Gasteiger partial charge in [0.1, 0.15) is 6.04 Å². The van der Waals surface area contributed by atoms with E-state index < -0.39 is 12.1 Å². The van der Waals surface area contributed by atoms with Gasteiger partial charge in [0.2, 0.25) is 11.9 Å². The van der Waals surface area contributed by atoms with Gasteiger partial charge in [-0.15, -0.1) is 0 Å². The van der Waals surface area contributed by atoms with Gasteiger partial charge < -0.3 is 30.6 Å². The van der Waals surface area contributed by atoms with E-state index in [1.165, 1.54) is 11.1 Å². The zero-order valence-electron chi connectivity index (χ0n) is 23.1. The van der Waals surface area contributed by atoms with Crippen molar-refractivity contribution >= 4 is 29.4 Å². The van der Waals surface area contributed by atoms with E-state index in [9.17, 15) is 19.8 Å². The highest BCUT2D eigenvalue weighted by Crippen LogP contribution is 2.32. The van der Waals surface area contributed by atoms with E-state index in [1.807, 2.05) is 62.3 Å². The summed E-state index contributed by atoms with van der Waals surface area (Å²) in [6, 6.07) is 11.4. The molecule has 0 saturated heterocycles. The van der Waals surface area contributed by atoms with Crippen molar-refractivity contribution in [3.8, 4) is 11.3 Å². The summed E-state index contributed by atoms with van der Waals surface area (Å²) in [6.07, 6.45) is 1.48. The van der Waals surface area contributed by atoms with Crippen LogP contribution in [0.1, 0.15) is 40.0 Å². The molecule has 4 rings (SSSR count). The first-order valence-electron chi connectivity index (χ1n) is 13.1. The lowest BCUT2D eigenvalue weighted by molar-refractivity contribution is -0.126. The Morgan fingerprint density at radius 3 is 2.62 bits per heavy atom. The molecule has 0 fully saturated rings. The number of fused-ring (bicyclic) bond motifs is 1. The maximum Gasteiger partial charge on any atom is 0.255 e. The quantitative estimate of drug-likeness (QED) is 0.279. The second kappa shape index (κ2) is 12.7. The second-order valence-corrected chi connectivity index (χ2v) is 10.7. The number of aromatic nitrogens is 2. The first-order valence-corrected chi connectivity index (χ1v) is 13.5. The lowest BCUT2D eigenvalue weighted by Crippen LogP contribution is -2.46. The summed E-state index contributed by atoms with van der Waals surface area (Å²) in [6.45, 7) is 4.12. The molecule has 1 aliphatic heterocycles. The number of carbonyl (C=O) groups is 2. The molecule has 10 nitrogen and oxygen atoms in total. The highest BCUT2D eigenvalue weighted by Gasteiger charge is 2.35. The number of anilines is 1. The van der Waals surface area contributed by atoms with Gasteiger partial charge in [-0.1, -0.05) is 53.6 Å². The van der Waals surface area contributed by atoms with Gasteiger partial charge in [0.15, 0.2) is 0 Å². The third-order valence-electron chi connectivity index (χ3n) is 6.89. The molecule has 2 amide bonds. The van der Waals surface area contributed by atoms with E-state index in [0.29, 0.717) is 34.3 Å². The molecule has 1 aromatic heterocycles. The van der Waals surface area contributed by atoms with Crippen molar-refractivity contribution in [2.24, 2.45) is 0 Å². The van der Waals surface area contributed by atoms with Gasteiger partial charge in [0.25, 0.3) is 5.91 Å². The van der Waals surface area contributed by atoms with Crippen LogP contribution in [0.5, 0.6) is 0 Å². The van der Waals surface area contributed by atoms with Crippen LogP contribution in [-0.2, 0) is 11.3 Å². The van der Waals surface area contributed by atoms with E-state index in [-0.39, 0.29) is 37.6 Å². The fourth-order valence-corrected chi connectivity index (χ4v) is 4.95. The Balaban J connectivity index is 1.51. The Morgan fingerprint density at radius 1 is 1.18 bits per heavy atom. The number of aliphatic hydroxyl groups is 2. The number of aryl methyl sites for hydroxylation is 1. The number of nitrogens with zero attached hydrogens (tertiary/aromatic N) is 4. The van der Waals surface area contributed by atoms with E-state index in [2.05, 4.69) is 20.6 Å². The fraction of sp³-hybridized carbons (Fsp3) is 0.379. The van der Waals surface area contributed by atoms with Crippen LogP contribution in [0, 0.1) is 6.92 Å². The summed E-state index contributed by atoms with van der Waals surface area (Å²) in [5.74, 6) is -0.316. The largest absolute Gasteiger partial charge is 0.394 e. The summed E-state index contributed by atoms with van der Waals surface area (Å²) in [7, 11) is 3.81. The number of aliphatic hydroxyl groups excluding tert-OH is 2. The van der Waals surface area contributed by atoms with Gasteiger partial charge in [-0.25, -0.2) is 9.97 Å². The number of hydrogen-bond acceptors (Lipinski definition) is 8. The molecule has 2 heterocycles. The molecule has 3 unspecified atom stereocenters. The number of amides is 2. The number of benzene rings is 2. The van der Waals surface area contributed by atoms with E-state index in [4.69, 9.17) is 11.6 Å². The smallest absolute Gasteiger partial charge is 0.255 e. The Hall–Kier alpha value is -3.57. The van der Waals surface area contributed by atoms with E-state index in [0.717, 1.165) is 16.7 Å². The third-order valence-corrected chi connectivity index (χ3v) is 7.17. The van der Waals surface area contributed by atoms with Gasteiger partial charge in [0.05, 0.1) is 42.2 Å². The summed E-state index contributed by atoms with van der Waals surface area (Å²) in [5, 5.41) is 25.9. The van der Waals surface area contributed by atoms with Crippen LogP contribution in [0.4, 0.5) is 5.95 Å². The van der Waals surface area contributed by atoms with Crippen molar-refractivity contribution in [1.82, 2.24) is 25.1 Å². The maximum atomic E-state index is 13.4. The van der Waals surface area contributed by atoms with Gasteiger partial charge in [-0.05, 0) is 45.1 Å². The Kier molecular flexibility index (Phi) is 9.36. The van der Waals surface area contributed by atoms with Crippen LogP contribution in [0.2, 0.25) is 5.02 Å². The van der Waals surface area contributed by atoms with Crippen molar-refractivity contribution in [1.29, 1.82) is 0 Å². The number of hydrogen-bond donors (Lipinski definition) is 4. The molecule has 40 heavy (non-hydrogen) atoms. The van der Waals surface area contributed by atoms with Crippen LogP contribution in [0.3, 0.4) is 0 Å². The number of rotatable bonds is 11. The van der Waals surface area contributed by atoms with Crippen molar-refractivity contribution in [2.45, 2.75) is 38.5 Å². The maximum absolute atomic E-state index is 13.4. The predicted molar refractivity (Wildman–Crippen MR) is 154 cm³/mol. The molecule has 3 atom stereocenters. The Bertz CT molecular complexity index is 1380. The lowest BCUT2D eigenvalue weighted by atomic mass is 10.0. The summed E-state index contributed by atoms with van der Waals surface area (Å²) < 4.78 is 0. The normalized spacial score (nSPS) is 15.1. The van der Waals surface area contributed by atoms with Crippen molar-refractivity contribution < 1.29 is 19.8 Å². The fourth-order valence-electron chi connectivity index (χ4n) is 4.75. The number of carbonyl (C=O) groups excluding carboxylic acids is 2. The zero-order valence-corrected chi connectivity index (χ0v) is 23.8. The SMILES string of the molecule is Cc1cccc(C(CO)NC(=O)C(C)N2Cc3ccc(-c4nc(NC(CO)CN(C)C)ncc4Cl)cc3C2=O)c1. The molecule has 0 radical (unpaired) electrons. The molecule has 0 spiro atoms. The van der Waals surface area contributed by atoms with Crippen LogP contribution >= 0.6 is 11.6 Å². The monoisotopic (exact) mass is 566 g/mol. The number of nitrogens with one attached hydrogen (secondary N) is 2. The predicted octanol–water partition coefficient (Wildman–Crippen LogP) is 2.63. The van der Waals surface area contributed by atoms with Crippen LogP contribution in [0.15, 0.2) is 48.7 Å². The molecule has 4 N–H and O–H groups in total. The molecule has 0 bridgehead atoms. The molecule has 0 saturated carbocycles. The minimum atomic E-state index is -0.757. The average Bonchev–Trinajstić information content (AvgIpc) is 3.26. The topological polar surface area (TPSA) is 131 Å². The minimum Gasteiger partial charge on any atom is -0.394 e. The molecule has 1 aliphatic rings. The average molecular weight is 567 g/mol. The summed E-state index contributed by atoms with van der Waals surface area (Å²) >= 11 is 6.44. The first-order chi connectivity index (χ1) is 19.1. The molecule has 11 heteroatoms. The number of likely N-dealkylation sites (N-methyl/N-ethyl adjacent to an activating group) is 1. The summed E-state index contributed by atoms with van der Waals surface area (Å²) in [4.78, 5) is 38.8. The molecule has 212 valence electrons. The standard InChI is InChI=1S/C29H35ClN6O4/c1-17-6-5-7-19(10-17)25(16-38)33-27(39)18(2)36-13-21-9-8-20(11-23(21)28(36)40)26-24(30)12-31-29(34-26)32-22(15-37)14-35(3)4/h5-12,18,22,25,37-38H,13-16H2,1-4H3,(H,33,39)(H,31,32,34). The van der Waals surface area contributed by atoms with E-state index in [1.54, 1.807) is 13.0 Å². The highest BCUT2D eigenvalue weighted by atomic mass is 35.5. The van der Waals surface area contributed by atoms with E-state index >= 15 is 0 Å². The van der Waals surface area contributed by atoms with Crippen molar-refractivity contribution in [3.05, 3.63) is 75.9 Å². The van der Waals surface area contributed by atoms with Gasteiger partial charge in [0, 0.05) is 24.2 Å².